The van der Waals surface area contributed by atoms with Crippen LogP contribution in [0, 0.1) is 0 Å². The molecule has 0 saturated carbocycles. The first kappa shape index (κ1) is 13.2. The van der Waals surface area contributed by atoms with Gasteiger partial charge in [0.05, 0.1) is 6.61 Å². The smallest absolute Gasteiger partial charge is 0.326 e. The van der Waals surface area contributed by atoms with Gasteiger partial charge in [0.1, 0.15) is 12.1 Å². The summed E-state index contributed by atoms with van der Waals surface area (Å²) in [6.07, 6.45) is -0.0733. The van der Waals surface area contributed by atoms with Crippen molar-refractivity contribution in [2.24, 2.45) is 5.73 Å². The van der Waals surface area contributed by atoms with E-state index in [0.717, 1.165) is 11.3 Å². The van der Waals surface area contributed by atoms with Crippen molar-refractivity contribution in [2.45, 2.75) is 32.4 Å². The van der Waals surface area contributed by atoms with Crippen LogP contribution >= 0.6 is 11.3 Å². The van der Waals surface area contributed by atoms with Crippen molar-refractivity contribution in [3.05, 3.63) is 21.9 Å². The average Bonchev–Trinajstić information content (AvgIpc) is 2.75. The van der Waals surface area contributed by atoms with Gasteiger partial charge < -0.3 is 15.6 Å². The monoisotopic (exact) mass is 243 g/mol. The summed E-state index contributed by atoms with van der Waals surface area (Å²) in [5.74, 6) is -0.568. The summed E-state index contributed by atoms with van der Waals surface area (Å²) < 4.78 is 4.76. The van der Waals surface area contributed by atoms with E-state index in [1.54, 1.807) is 13.0 Å². The summed E-state index contributed by atoms with van der Waals surface area (Å²) in [4.78, 5) is 13.2. The van der Waals surface area contributed by atoms with Gasteiger partial charge in [-0.05, 0) is 25.5 Å². The zero-order chi connectivity index (χ0) is 12.1. The van der Waals surface area contributed by atoms with Crippen LogP contribution in [0.25, 0.3) is 0 Å². The van der Waals surface area contributed by atoms with Gasteiger partial charge in [0, 0.05) is 9.75 Å². The zero-order valence-corrected chi connectivity index (χ0v) is 10.3. The summed E-state index contributed by atoms with van der Waals surface area (Å²) in [6.45, 7) is 4.01. The fourth-order valence-corrected chi connectivity index (χ4v) is 2.27. The molecule has 2 unspecified atom stereocenters. The number of aliphatic hydroxyl groups is 1. The fraction of sp³-hybridized carbons (Fsp3) is 0.545. The Morgan fingerprint density at radius 3 is 2.75 bits per heavy atom. The highest BCUT2D eigenvalue weighted by Gasteiger charge is 2.26. The van der Waals surface area contributed by atoms with Gasteiger partial charge in [0.25, 0.3) is 0 Å². The number of rotatable bonds is 5. The number of hydrogen-bond acceptors (Lipinski definition) is 5. The molecule has 0 aliphatic rings. The Labute approximate surface area is 99.0 Å². The topological polar surface area (TPSA) is 72.5 Å². The molecule has 2 atom stereocenters. The maximum Gasteiger partial charge on any atom is 0.326 e. The molecule has 0 saturated heterocycles. The number of aryl methyl sites for hydroxylation is 1. The number of carbonyl (C=O) groups excluding carboxylic acids is 1. The van der Waals surface area contributed by atoms with Crippen LogP contribution in [0.4, 0.5) is 0 Å². The van der Waals surface area contributed by atoms with Gasteiger partial charge in [-0.15, -0.1) is 11.3 Å². The molecule has 16 heavy (non-hydrogen) atoms. The molecule has 90 valence electrons. The largest absolute Gasteiger partial charge is 0.465 e. The van der Waals surface area contributed by atoms with Gasteiger partial charge in [-0.1, -0.05) is 6.92 Å². The highest BCUT2D eigenvalue weighted by molar-refractivity contribution is 7.12. The maximum atomic E-state index is 11.3. The Bertz CT molecular complexity index is 351. The predicted molar refractivity (Wildman–Crippen MR) is 63.3 cm³/mol. The van der Waals surface area contributed by atoms with Crippen LogP contribution in [0.5, 0.6) is 0 Å². The van der Waals surface area contributed by atoms with Crippen LogP contribution in [0.2, 0.25) is 0 Å². The van der Waals surface area contributed by atoms with E-state index in [4.69, 9.17) is 10.5 Å². The third kappa shape index (κ3) is 3.04. The number of ether oxygens (including phenoxy) is 1. The van der Waals surface area contributed by atoms with Crippen LogP contribution in [0.15, 0.2) is 12.1 Å². The average molecular weight is 243 g/mol. The minimum absolute atomic E-state index is 0.268. The SMILES string of the molecule is CCOC(=O)C(N)C(O)c1ccc(CC)s1. The van der Waals surface area contributed by atoms with Crippen LogP contribution in [-0.2, 0) is 16.0 Å². The number of carbonyl (C=O) groups is 1. The first-order valence-corrected chi connectivity index (χ1v) is 6.10. The van der Waals surface area contributed by atoms with Gasteiger partial charge in [0.2, 0.25) is 0 Å². The van der Waals surface area contributed by atoms with Gasteiger partial charge in [-0.25, -0.2) is 0 Å². The first-order chi connectivity index (χ1) is 7.60. The molecule has 0 radical (unpaired) electrons. The van der Waals surface area contributed by atoms with E-state index in [-0.39, 0.29) is 6.61 Å². The summed E-state index contributed by atoms with van der Waals surface area (Å²) in [7, 11) is 0. The normalized spacial score (nSPS) is 14.5. The van der Waals surface area contributed by atoms with E-state index in [9.17, 15) is 9.90 Å². The minimum atomic E-state index is -1.01. The van der Waals surface area contributed by atoms with Crippen molar-refractivity contribution < 1.29 is 14.6 Å². The quantitative estimate of drug-likeness (QED) is 0.763. The first-order valence-electron chi connectivity index (χ1n) is 5.29. The molecule has 3 N–H and O–H groups in total. The van der Waals surface area contributed by atoms with Crippen LogP contribution in [0.1, 0.15) is 29.7 Å². The number of hydrogen-bond donors (Lipinski definition) is 2. The summed E-state index contributed by atoms with van der Waals surface area (Å²) in [6, 6.07) is 2.72. The Morgan fingerprint density at radius 2 is 2.25 bits per heavy atom. The van der Waals surface area contributed by atoms with Crippen molar-refractivity contribution >= 4 is 17.3 Å². The van der Waals surface area contributed by atoms with Gasteiger partial charge in [-0.2, -0.15) is 0 Å². The molecule has 5 heteroatoms. The molecule has 1 rings (SSSR count). The van der Waals surface area contributed by atoms with Gasteiger partial charge >= 0.3 is 5.97 Å². The lowest BCUT2D eigenvalue weighted by Crippen LogP contribution is -2.37. The molecule has 0 fully saturated rings. The molecule has 0 aliphatic carbocycles. The Morgan fingerprint density at radius 1 is 1.56 bits per heavy atom. The molecule has 0 aromatic carbocycles. The second-order valence-corrected chi connectivity index (χ2v) is 4.58. The third-order valence-corrected chi connectivity index (χ3v) is 3.52. The molecule has 1 aromatic rings. The van der Waals surface area contributed by atoms with Crippen LogP contribution in [-0.4, -0.2) is 23.7 Å². The second kappa shape index (κ2) is 5.98. The van der Waals surface area contributed by atoms with E-state index in [2.05, 4.69) is 0 Å². The lowest BCUT2D eigenvalue weighted by molar-refractivity contribution is -0.147. The third-order valence-electron chi connectivity index (χ3n) is 2.22. The van der Waals surface area contributed by atoms with Crippen molar-refractivity contribution in [1.82, 2.24) is 0 Å². The summed E-state index contributed by atoms with van der Waals surface area (Å²) in [5, 5.41) is 9.88. The highest BCUT2D eigenvalue weighted by atomic mass is 32.1. The summed E-state index contributed by atoms with van der Waals surface area (Å²) >= 11 is 1.47. The second-order valence-electron chi connectivity index (χ2n) is 3.38. The van der Waals surface area contributed by atoms with E-state index in [1.807, 2.05) is 13.0 Å². The lowest BCUT2D eigenvalue weighted by atomic mass is 10.1. The van der Waals surface area contributed by atoms with Crippen molar-refractivity contribution in [3.63, 3.8) is 0 Å². The molecule has 1 aromatic heterocycles. The zero-order valence-electron chi connectivity index (χ0n) is 9.47. The number of nitrogens with two attached hydrogens (primary N) is 1. The molecule has 1 heterocycles. The molecule has 0 spiro atoms. The number of esters is 1. The van der Waals surface area contributed by atoms with E-state index < -0.39 is 18.1 Å². The Kier molecular flexibility index (Phi) is 4.92. The minimum Gasteiger partial charge on any atom is -0.465 e. The highest BCUT2D eigenvalue weighted by Crippen LogP contribution is 2.25. The molecular weight excluding hydrogens is 226 g/mol. The summed E-state index contributed by atoms with van der Waals surface area (Å²) in [5.41, 5.74) is 5.61. The van der Waals surface area contributed by atoms with E-state index >= 15 is 0 Å². The lowest BCUT2D eigenvalue weighted by Gasteiger charge is -2.15. The molecule has 4 nitrogen and oxygen atoms in total. The van der Waals surface area contributed by atoms with Crippen LogP contribution in [0.3, 0.4) is 0 Å². The standard InChI is InChI=1S/C11H17NO3S/c1-3-7-5-6-8(16-7)10(13)9(12)11(14)15-4-2/h5-6,9-10,13H,3-4,12H2,1-2H3. The van der Waals surface area contributed by atoms with Crippen molar-refractivity contribution in [1.29, 1.82) is 0 Å². The number of aliphatic hydroxyl groups excluding tert-OH is 1. The Hall–Kier alpha value is -0.910. The van der Waals surface area contributed by atoms with E-state index in [1.165, 1.54) is 11.3 Å². The number of thiophene rings is 1. The maximum absolute atomic E-state index is 11.3. The molecule has 0 aliphatic heterocycles. The van der Waals surface area contributed by atoms with Gasteiger partial charge in [0.15, 0.2) is 0 Å². The van der Waals surface area contributed by atoms with Crippen molar-refractivity contribution in [3.8, 4) is 0 Å². The van der Waals surface area contributed by atoms with Gasteiger partial charge in [-0.3, -0.25) is 4.79 Å². The fourth-order valence-electron chi connectivity index (χ4n) is 1.29. The van der Waals surface area contributed by atoms with Crippen molar-refractivity contribution in [2.75, 3.05) is 6.61 Å². The molecular formula is C11H17NO3S. The van der Waals surface area contributed by atoms with E-state index in [0.29, 0.717) is 4.88 Å². The van der Waals surface area contributed by atoms with Crippen LogP contribution < -0.4 is 5.73 Å². The predicted octanol–water partition coefficient (Wildman–Crippen LogP) is 1.23. The Balaban J connectivity index is 2.69. The molecule has 0 bridgehead atoms. The molecule has 0 amide bonds.